The minimum absolute atomic E-state index is 0.0505. The molecular formula is C26H25N3O6S2. The van der Waals surface area contributed by atoms with Gasteiger partial charge in [-0.3, -0.25) is 14.3 Å². The number of nitrogens with zero attached hydrogens (tertiary/aromatic N) is 2. The molecule has 0 unspecified atom stereocenters. The summed E-state index contributed by atoms with van der Waals surface area (Å²) >= 11 is 1.30. The molecule has 0 fully saturated rings. The van der Waals surface area contributed by atoms with Gasteiger partial charge in [0.15, 0.2) is 4.80 Å². The van der Waals surface area contributed by atoms with E-state index in [9.17, 15) is 18.0 Å². The van der Waals surface area contributed by atoms with E-state index in [1.165, 1.54) is 43.8 Å². The van der Waals surface area contributed by atoms with Crippen LogP contribution in [0.15, 0.2) is 70.6 Å². The summed E-state index contributed by atoms with van der Waals surface area (Å²) in [5.41, 5.74) is 3.19. The molecule has 0 spiro atoms. The summed E-state index contributed by atoms with van der Waals surface area (Å²) in [6.07, 6.45) is 0. The fraction of sp³-hybridized carbons (Fsp3) is 0.192. The predicted octanol–water partition coefficient (Wildman–Crippen LogP) is 4.04. The molecule has 0 saturated heterocycles. The zero-order valence-electron chi connectivity index (χ0n) is 20.6. The fourth-order valence-corrected chi connectivity index (χ4v) is 5.91. The molecule has 37 heavy (non-hydrogen) atoms. The smallest absolute Gasteiger partial charge is 0.325 e. The van der Waals surface area contributed by atoms with E-state index in [0.29, 0.717) is 10.6 Å². The standard InChI is InChI=1S/C26H25N3O6S2/c1-16-12-17(2)24-22(13-16)29(15-23(30)35-4)26(36-24)27-25(31)18-6-5-7-19(14-18)28-37(32,33)21-10-8-20(34-3)9-11-21/h5-14,28H,15H2,1-4H3. The van der Waals surface area contributed by atoms with Gasteiger partial charge in [-0.15, -0.1) is 0 Å². The third kappa shape index (κ3) is 5.73. The quantitative estimate of drug-likeness (QED) is 0.354. The van der Waals surface area contributed by atoms with Gasteiger partial charge in [0.25, 0.3) is 15.9 Å². The van der Waals surface area contributed by atoms with Crippen molar-refractivity contribution < 1.29 is 27.5 Å². The second-order valence-electron chi connectivity index (χ2n) is 8.26. The molecule has 1 amide bonds. The Hall–Kier alpha value is -3.96. The third-order valence-electron chi connectivity index (χ3n) is 5.56. The van der Waals surface area contributed by atoms with Gasteiger partial charge in [0.1, 0.15) is 12.3 Å². The number of fused-ring (bicyclic) bond motifs is 1. The summed E-state index contributed by atoms with van der Waals surface area (Å²) in [6, 6.07) is 16.0. The molecule has 1 N–H and O–H groups in total. The first kappa shape index (κ1) is 26.1. The Morgan fingerprint density at radius 2 is 1.76 bits per heavy atom. The maximum atomic E-state index is 13.1. The van der Waals surface area contributed by atoms with Gasteiger partial charge in [0, 0.05) is 11.3 Å². The number of aryl methyl sites for hydroxylation is 2. The molecule has 1 aromatic heterocycles. The molecule has 0 bridgehead atoms. The molecule has 9 nitrogen and oxygen atoms in total. The van der Waals surface area contributed by atoms with Crippen LogP contribution in [0.4, 0.5) is 5.69 Å². The molecule has 0 aliphatic rings. The van der Waals surface area contributed by atoms with E-state index in [4.69, 9.17) is 9.47 Å². The molecule has 11 heteroatoms. The van der Waals surface area contributed by atoms with Gasteiger partial charge in [-0.1, -0.05) is 23.5 Å². The number of thiazole rings is 1. The van der Waals surface area contributed by atoms with E-state index in [1.807, 2.05) is 26.0 Å². The molecule has 0 radical (unpaired) electrons. The first-order valence-electron chi connectivity index (χ1n) is 11.1. The van der Waals surface area contributed by atoms with Gasteiger partial charge in [-0.25, -0.2) is 8.42 Å². The van der Waals surface area contributed by atoms with Crippen LogP contribution in [0.1, 0.15) is 21.5 Å². The highest BCUT2D eigenvalue weighted by molar-refractivity contribution is 7.92. The van der Waals surface area contributed by atoms with Crippen LogP contribution in [-0.4, -0.2) is 39.1 Å². The Balaban J connectivity index is 1.69. The third-order valence-corrected chi connectivity index (χ3v) is 8.18. The van der Waals surface area contributed by atoms with Crippen molar-refractivity contribution in [3.63, 3.8) is 0 Å². The van der Waals surface area contributed by atoms with Crippen molar-refractivity contribution in [1.29, 1.82) is 0 Å². The fourth-order valence-electron chi connectivity index (χ4n) is 3.78. The number of carbonyl (C=O) groups excluding carboxylic acids is 2. The lowest BCUT2D eigenvalue weighted by molar-refractivity contribution is -0.141. The number of hydrogen-bond donors (Lipinski definition) is 1. The van der Waals surface area contributed by atoms with Crippen LogP contribution in [0, 0.1) is 13.8 Å². The Morgan fingerprint density at radius 3 is 2.43 bits per heavy atom. The predicted molar refractivity (Wildman–Crippen MR) is 141 cm³/mol. The van der Waals surface area contributed by atoms with E-state index >= 15 is 0 Å². The van der Waals surface area contributed by atoms with E-state index in [2.05, 4.69) is 9.71 Å². The van der Waals surface area contributed by atoms with Crippen molar-refractivity contribution >= 4 is 49.1 Å². The number of sulfonamides is 1. The summed E-state index contributed by atoms with van der Waals surface area (Å²) in [7, 11) is -1.10. The minimum atomic E-state index is -3.89. The molecule has 4 rings (SSSR count). The molecule has 1 heterocycles. The van der Waals surface area contributed by atoms with Crippen molar-refractivity contribution in [3.8, 4) is 5.75 Å². The second-order valence-corrected chi connectivity index (χ2v) is 10.9. The topological polar surface area (TPSA) is 116 Å². The SMILES string of the molecule is COC(=O)Cn1c(=NC(=O)c2cccc(NS(=O)(=O)c3ccc(OC)cc3)c2)sc2c(C)cc(C)cc21. The van der Waals surface area contributed by atoms with Crippen LogP contribution < -0.4 is 14.3 Å². The molecule has 0 aliphatic heterocycles. The van der Waals surface area contributed by atoms with Gasteiger partial charge < -0.3 is 14.0 Å². The van der Waals surface area contributed by atoms with Crippen LogP contribution in [0.2, 0.25) is 0 Å². The highest BCUT2D eigenvalue weighted by atomic mass is 32.2. The van der Waals surface area contributed by atoms with Gasteiger partial charge >= 0.3 is 5.97 Å². The number of rotatable bonds is 7. The van der Waals surface area contributed by atoms with Gasteiger partial charge in [-0.05, 0) is 73.5 Å². The molecular weight excluding hydrogens is 514 g/mol. The Morgan fingerprint density at radius 1 is 1.03 bits per heavy atom. The van der Waals surface area contributed by atoms with Gasteiger partial charge in [0.05, 0.1) is 29.3 Å². The van der Waals surface area contributed by atoms with Crippen molar-refractivity contribution in [1.82, 2.24) is 4.57 Å². The molecule has 192 valence electrons. The number of ether oxygens (including phenoxy) is 2. The molecule has 0 atom stereocenters. The number of benzene rings is 3. The van der Waals surface area contributed by atoms with Crippen LogP contribution in [0.3, 0.4) is 0 Å². The number of hydrogen-bond acceptors (Lipinski definition) is 7. The van der Waals surface area contributed by atoms with E-state index in [1.54, 1.807) is 34.9 Å². The normalized spacial score (nSPS) is 11.9. The highest BCUT2D eigenvalue weighted by Crippen LogP contribution is 2.24. The first-order chi connectivity index (χ1) is 17.6. The summed E-state index contributed by atoms with van der Waals surface area (Å²) in [5, 5.41) is 0. The second kappa shape index (κ2) is 10.6. The maximum Gasteiger partial charge on any atom is 0.325 e. The summed E-state index contributed by atoms with van der Waals surface area (Å²) in [6.45, 7) is 3.80. The lowest BCUT2D eigenvalue weighted by atomic mass is 10.1. The molecule has 0 saturated carbocycles. The first-order valence-corrected chi connectivity index (χ1v) is 13.4. The monoisotopic (exact) mass is 539 g/mol. The van der Waals surface area contributed by atoms with Gasteiger partial charge in [-0.2, -0.15) is 4.99 Å². The van der Waals surface area contributed by atoms with Crippen molar-refractivity contribution in [2.24, 2.45) is 4.99 Å². The maximum absolute atomic E-state index is 13.1. The average molecular weight is 540 g/mol. The minimum Gasteiger partial charge on any atom is -0.497 e. The summed E-state index contributed by atoms with van der Waals surface area (Å²) < 4.78 is 40.6. The Bertz CT molecular complexity index is 1670. The van der Waals surface area contributed by atoms with Crippen molar-refractivity contribution in [2.45, 2.75) is 25.3 Å². The molecule has 0 aliphatic carbocycles. The van der Waals surface area contributed by atoms with Crippen LogP contribution >= 0.6 is 11.3 Å². The number of anilines is 1. The Kier molecular flexibility index (Phi) is 7.46. The lowest BCUT2D eigenvalue weighted by Gasteiger charge is -2.09. The van der Waals surface area contributed by atoms with Crippen molar-refractivity contribution in [3.05, 3.63) is 82.2 Å². The molecule has 3 aromatic carbocycles. The largest absolute Gasteiger partial charge is 0.497 e. The van der Waals surface area contributed by atoms with E-state index < -0.39 is 21.9 Å². The Labute approximate surface area is 218 Å². The van der Waals surface area contributed by atoms with Crippen LogP contribution in [0.5, 0.6) is 5.75 Å². The number of nitrogens with one attached hydrogen (secondary N) is 1. The number of amides is 1. The number of carbonyl (C=O) groups is 2. The zero-order valence-corrected chi connectivity index (χ0v) is 22.3. The lowest BCUT2D eigenvalue weighted by Crippen LogP contribution is -2.22. The summed E-state index contributed by atoms with van der Waals surface area (Å²) in [5.74, 6) is -0.517. The van der Waals surface area contributed by atoms with Crippen molar-refractivity contribution in [2.75, 3.05) is 18.9 Å². The molecule has 4 aromatic rings. The average Bonchev–Trinajstić information content (AvgIpc) is 3.20. The van der Waals surface area contributed by atoms with Crippen LogP contribution in [-0.2, 0) is 26.1 Å². The zero-order chi connectivity index (χ0) is 26.7. The number of esters is 1. The number of aromatic nitrogens is 1. The van der Waals surface area contributed by atoms with Crippen LogP contribution in [0.25, 0.3) is 10.2 Å². The van der Waals surface area contributed by atoms with E-state index in [-0.39, 0.29) is 22.7 Å². The number of methoxy groups -OCH3 is 2. The summed E-state index contributed by atoms with van der Waals surface area (Å²) in [4.78, 5) is 29.9. The highest BCUT2D eigenvalue weighted by Gasteiger charge is 2.17. The van der Waals surface area contributed by atoms with E-state index in [0.717, 1.165) is 21.3 Å². The van der Waals surface area contributed by atoms with Gasteiger partial charge in [0.2, 0.25) is 0 Å².